The number of nitrogens with two attached hydrogens (primary N) is 1. The van der Waals surface area contributed by atoms with Crippen molar-refractivity contribution in [1.29, 1.82) is 0 Å². The van der Waals surface area contributed by atoms with Crippen LogP contribution in [0, 0.1) is 19.7 Å². The third-order valence-corrected chi connectivity index (χ3v) is 7.23. The molecule has 0 amide bonds. The number of anilines is 1. The summed E-state index contributed by atoms with van der Waals surface area (Å²) in [5, 5.41) is 0. The van der Waals surface area contributed by atoms with E-state index in [9.17, 15) is 12.8 Å². The Kier molecular flexibility index (Phi) is 6.75. The number of hydrogen-bond acceptors (Lipinski definition) is 5. The lowest BCUT2D eigenvalue weighted by Gasteiger charge is -2.12. The van der Waals surface area contributed by atoms with Crippen molar-refractivity contribution in [2.24, 2.45) is 0 Å². The van der Waals surface area contributed by atoms with Gasteiger partial charge in [0, 0.05) is 18.7 Å². The van der Waals surface area contributed by atoms with Gasteiger partial charge in [-0.3, -0.25) is 0 Å². The second-order valence-electron chi connectivity index (χ2n) is 7.67. The van der Waals surface area contributed by atoms with Crippen LogP contribution in [0.4, 0.5) is 10.2 Å². The van der Waals surface area contributed by atoms with Crippen LogP contribution in [0.3, 0.4) is 0 Å². The Bertz CT molecular complexity index is 1140. The van der Waals surface area contributed by atoms with Crippen molar-refractivity contribution in [3.8, 4) is 0 Å². The lowest BCUT2D eigenvalue weighted by atomic mass is 10.2. The fourth-order valence-corrected chi connectivity index (χ4v) is 5.07. The summed E-state index contributed by atoms with van der Waals surface area (Å²) in [4.78, 5) is 9.31. The molecule has 0 aliphatic heterocycles. The highest BCUT2D eigenvalue weighted by molar-refractivity contribution is 7.91. The Hall–Kier alpha value is -2.48. The second-order valence-corrected chi connectivity index (χ2v) is 9.78. The van der Waals surface area contributed by atoms with Crippen LogP contribution in [-0.2, 0) is 22.8 Å². The van der Waals surface area contributed by atoms with Crippen LogP contribution in [0.5, 0.6) is 0 Å². The molecule has 8 heteroatoms. The molecule has 30 heavy (non-hydrogen) atoms. The molecule has 0 aliphatic rings. The third kappa shape index (κ3) is 4.64. The molecule has 0 spiro atoms. The molecule has 0 saturated heterocycles. The monoisotopic (exact) mass is 432 g/mol. The average molecular weight is 433 g/mol. The normalized spacial score (nSPS) is 12.0. The Morgan fingerprint density at radius 3 is 2.43 bits per heavy atom. The average Bonchev–Trinajstić information content (AvgIpc) is 3.05. The van der Waals surface area contributed by atoms with Gasteiger partial charge in [0.2, 0.25) is 0 Å². The summed E-state index contributed by atoms with van der Waals surface area (Å²) >= 11 is 0. The van der Waals surface area contributed by atoms with Gasteiger partial charge in [-0.2, -0.15) is 0 Å². The zero-order valence-electron chi connectivity index (χ0n) is 17.8. The Labute approximate surface area is 177 Å². The standard InChI is InChI=1S/C22H29FN4O2S/c1-4-8-19-26-20-21(15(2)16(3)25-22(20)24)27(19)13-6-5-7-14-30(28,29)18-11-9-17(23)10-12-18/h9-12H,4-8,13-14H2,1-3H3,(H2,24,25). The smallest absolute Gasteiger partial charge is 0.178 e. The van der Waals surface area contributed by atoms with E-state index in [-0.39, 0.29) is 10.6 Å². The number of unbranched alkanes of at least 4 members (excludes halogenated alkanes) is 2. The summed E-state index contributed by atoms with van der Waals surface area (Å²) < 4.78 is 40.1. The van der Waals surface area contributed by atoms with Gasteiger partial charge in [-0.1, -0.05) is 13.3 Å². The number of nitrogen functional groups attached to an aromatic ring is 1. The van der Waals surface area contributed by atoms with Crippen LogP contribution in [0.2, 0.25) is 0 Å². The molecular formula is C22H29FN4O2S. The van der Waals surface area contributed by atoms with Crippen LogP contribution in [-0.4, -0.2) is 28.7 Å². The number of halogens is 1. The zero-order chi connectivity index (χ0) is 21.9. The van der Waals surface area contributed by atoms with Crippen LogP contribution in [0.25, 0.3) is 11.0 Å². The number of rotatable bonds is 9. The van der Waals surface area contributed by atoms with Crippen LogP contribution < -0.4 is 5.73 Å². The maximum atomic E-state index is 13.0. The maximum absolute atomic E-state index is 13.0. The zero-order valence-corrected chi connectivity index (χ0v) is 18.6. The first-order valence-electron chi connectivity index (χ1n) is 10.3. The molecule has 2 N–H and O–H groups in total. The van der Waals surface area contributed by atoms with E-state index in [0.29, 0.717) is 12.2 Å². The molecule has 0 atom stereocenters. The summed E-state index contributed by atoms with van der Waals surface area (Å²) in [7, 11) is -3.39. The second kappa shape index (κ2) is 9.12. The van der Waals surface area contributed by atoms with Gasteiger partial charge in [-0.15, -0.1) is 0 Å². The number of aryl methyl sites for hydroxylation is 4. The van der Waals surface area contributed by atoms with Gasteiger partial charge < -0.3 is 10.3 Å². The number of hydrogen-bond donors (Lipinski definition) is 1. The Balaban J connectivity index is 1.68. The molecule has 3 aromatic rings. The lowest BCUT2D eigenvalue weighted by molar-refractivity contribution is 0.571. The molecule has 2 aromatic heterocycles. The van der Waals surface area contributed by atoms with Crippen molar-refractivity contribution >= 4 is 26.7 Å². The molecule has 0 unspecified atom stereocenters. The number of benzene rings is 1. The topological polar surface area (TPSA) is 90.9 Å². The first kappa shape index (κ1) is 22.2. The predicted molar refractivity (Wildman–Crippen MR) is 118 cm³/mol. The molecule has 2 heterocycles. The van der Waals surface area contributed by atoms with Crippen molar-refractivity contribution in [2.45, 2.75) is 64.3 Å². The Morgan fingerprint density at radius 2 is 1.77 bits per heavy atom. The molecule has 1 aromatic carbocycles. The first-order chi connectivity index (χ1) is 14.2. The molecule has 0 saturated carbocycles. The summed E-state index contributed by atoms with van der Waals surface area (Å²) in [5.41, 5.74) is 9.87. The van der Waals surface area contributed by atoms with Gasteiger partial charge in [0.05, 0.1) is 16.2 Å². The number of imidazole rings is 1. The highest BCUT2D eigenvalue weighted by Crippen LogP contribution is 2.27. The van der Waals surface area contributed by atoms with E-state index in [1.807, 2.05) is 13.8 Å². The molecule has 0 bridgehead atoms. The summed E-state index contributed by atoms with van der Waals surface area (Å²) in [6, 6.07) is 5.00. The fraction of sp³-hybridized carbons (Fsp3) is 0.455. The van der Waals surface area contributed by atoms with Crippen molar-refractivity contribution < 1.29 is 12.8 Å². The minimum absolute atomic E-state index is 0.0557. The van der Waals surface area contributed by atoms with Crippen LogP contribution in [0.15, 0.2) is 29.2 Å². The molecule has 0 fully saturated rings. The third-order valence-electron chi connectivity index (χ3n) is 5.42. The SMILES string of the molecule is CCCc1nc2c(N)nc(C)c(C)c2n1CCCCCS(=O)(=O)c1ccc(F)cc1. The molecule has 162 valence electrons. The van der Waals surface area contributed by atoms with Gasteiger partial charge in [-0.25, -0.2) is 22.8 Å². The molecule has 3 rings (SSSR count). The van der Waals surface area contributed by atoms with Gasteiger partial charge in [0.1, 0.15) is 17.2 Å². The van der Waals surface area contributed by atoms with Crippen molar-refractivity contribution in [2.75, 3.05) is 11.5 Å². The predicted octanol–water partition coefficient (Wildman–Crippen LogP) is 4.37. The van der Waals surface area contributed by atoms with Gasteiger partial charge in [0.15, 0.2) is 15.7 Å². The minimum Gasteiger partial charge on any atom is -0.382 e. The largest absolute Gasteiger partial charge is 0.382 e. The van der Waals surface area contributed by atoms with E-state index in [4.69, 9.17) is 10.7 Å². The number of sulfone groups is 1. The molecule has 6 nitrogen and oxygen atoms in total. The number of nitrogens with zero attached hydrogens (tertiary/aromatic N) is 3. The van der Waals surface area contributed by atoms with Crippen molar-refractivity contribution in [1.82, 2.24) is 14.5 Å². The van der Waals surface area contributed by atoms with Crippen molar-refractivity contribution in [3.05, 3.63) is 47.2 Å². The van der Waals surface area contributed by atoms with E-state index in [2.05, 4.69) is 16.5 Å². The van der Waals surface area contributed by atoms with E-state index in [1.165, 1.54) is 24.3 Å². The summed E-state index contributed by atoms with van der Waals surface area (Å²) in [6.45, 7) is 6.85. The highest BCUT2D eigenvalue weighted by Gasteiger charge is 2.17. The lowest BCUT2D eigenvalue weighted by Crippen LogP contribution is -2.09. The van der Waals surface area contributed by atoms with Gasteiger partial charge in [-0.05, 0) is 62.9 Å². The molecule has 0 aliphatic carbocycles. The summed E-state index contributed by atoms with van der Waals surface area (Å²) in [5.74, 6) is 1.06. The fourth-order valence-electron chi connectivity index (χ4n) is 3.70. The van der Waals surface area contributed by atoms with Crippen LogP contribution >= 0.6 is 0 Å². The van der Waals surface area contributed by atoms with Gasteiger partial charge in [0.25, 0.3) is 0 Å². The minimum atomic E-state index is -3.39. The Morgan fingerprint density at radius 1 is 1.07 bits per heavy atom. The van der Waals surface area contributed by atoms with Crippen molar-refractivity contribution in [3.63, 3.8) is 0 Å². The first-order valence-corrected chi connectivity index (χ1v) is 12.0. The van der Waals surface area contributed by atoms with E-state index >= 15 is 0 Å². The maximum Gasteiger partial charge on any atom is 0.178 e. The number of aromatic nitrogens is 3. The molecular weight excluding hydrogens is 403 g/mol. The van der Waals surface area contributed by atoms with E-state index in [0.717, 1.165) is 60.3 Å². The van der Waals surface area contributed by atoms with Gasteiger partial charge >= 0.3 is 0 Å². The number of pyridine rings is 1. The van der Waals surface area contributed by atoms with Crippen LogP contribution in [0.1, 0.15) is 49.7 Å². The highest BCUT2D eigenvalue weighted by atomic mass is 32.2. The van der Waals surface area contributed by atoms with E-state index < -0.39 is 15.7 Å². The van der Waals surface area contributed by atoms with E-state index in [1.54, 1.807) is 0 Å². The quantitative estimate of drug-likeness (QED) is 0.401. The number of fused-ring (bicyclic) bond motifs is 1. The molecule has 0 radical (unpaired) electrons. The summed E-state index contributed by atoms with van der Waals surface area (Å²) in [6.07, 6.45) is 3.99.